The van der Waals surface area contributed by atoms with Crippen LogP contribution >= 0.6 is 0 Å². The monoisotopic (exact) mass is 285 g/mol. The molecule has 6 heteroatoms. The van der Waals surface area contributed by atoms with E-state index in [1.54, 1.807) is 6.07 Å². The molecule has 2 fully saturated rings. The lowest BCUT2D eigenvalue weighted by molar-refractivity contribution is -0.119. The van der Waals surface area contributed by atoms with Crippen LogP contribution in [0.5, 0.6) is 0 Å². The number of carbonyl (C=O) groups is 2. The molecule has 2 N–H and O–H groups in total. The third-order valence-corrected chi connectivity index (χ3v) is 4.22. The number of H-pyrrole nitrogens is 1. The first-order valence-electron chi connectivity index (χ1n) is 6.96. The Labute approximate surface area is 121 Å². The van der Waals surface area contributed by atoms with E-state index < -0.39 is 12.1 Å². The molecule has 2 aromatic rings. The van der Waals surface area contributed by atoms with Crippen molar-refractivity contribution >= 4 is 28.5 Å². The van der Waals surface area contributed by atoms with Crippen molar-refractivity contribution in [3.05, 3.63) is 30.0 Å². The molecule has 0 bridgehead atoms. The molecule has 2 atom stereocenters. The lowest BCUT2D eigenvalue weighted by Crippen LogP contribution is -2.34. The Morgan fingerprint density at radius 1 is 1.29 bits per heavy atom. The molecule has 0 unspecified atom stereocenters. The summed E-state index contributed by atoms with van der Waals surface area (Å²) in [7, 11) is 0. The number of carbonyl (C=O) groups excluding carboxylic acids is 2. The first-order valence-corrected chi connectivity index (χ1v) is 6.96. The molecule has 1 aromatic heterocycles. The maximum absolute atomic E-state index is 12.4. The minimum absolute atomic E-state index is 0.233. The highest BCUT2D eigenvalue weighted by atomic mass is 16.3. The van der Waals surface area contributed by atoms with Gasteiger partial charge >= 0.3 is 6.03 Å². The lowest BCUT2D eigenvalue weighted by Gasteiger charge is -2.16. The molecule has 0 saturated carbocycles. The molecule has 6 nitrogen and oxygen atoms in total. The Hall–Kier alpha value is -2.34. The van der Waals surface area contributed by atoms with Crippen LogP contribution in [0.4, 0.5) is 10.5 Å². The van der Waals surface area contributed by atoms with Crippen LogP contribution in [0.15, 0.2) is 24.3 Å². The zero-order valence-electron chi connectivity index (χ0n) is 11.5. The molecule has 0 spiro atoms. The van der Waals surface area contributed by atoms with E-state index in [1.165, 1.54) is 9.80 Å². The zero-order valence-corrected chi connectivity index (χ0v) is 11.5. The van der Waals surface area contributed by atoms with Crippen LogP contribution in [0.1, 0.15) is 12.1 Å². The number of amides is 3. The largest absolute Gasteiger partial charge is 0.391 e. The van der Waals surface area contributed by atoms with E-state index >= 15 is 0 Å². The maximum Gasteiger partial charge on any atom is 0.332 e. The topological polar surface area (TPSA) is 76.6 Å². The Kier molecular flexibility index (Phi) is 2.41. The Morgan fingerprint density at radius 3 is 2.86 bits per heavy atom. The van der Waals surface area contributed by atoms with Crippen LogP contribution in [0.25, 0.3) is 10.9 Å². The number of hydrogen-bond acceptors (Lipinski definition) is 3. The van der Waals surface area contributed by atoms with Gasteiger partial charge in [0.15, 0.2) is 0 Å². The fraction of sp³-hybridized carbons (Fsp3) is 0.333. The SMILES string of the molecule is Cc1cc2cc(N3C(=O)[C@@H]4C[C@@H](O)CN4C3=O)ccc2[nH]1. The smallest absolute Gasteiger partial charge is 0.332 e. The molecule has 2 aliphatic heterocycles. The van der Waals surface area contributed by atoms with Gasteiger partial charge in [-0.3, -0.25) is 4.79 Å². The summed E-state index contributed by atoms with van der Waals surface area (Å²) in [5, 5.41) is 10.6. The van der Waals surface area contributed by atoms with Gasteiger partial charge in [-0.25, -0.2) is 9.69 Å². The number of imide groups is 1. The molecule has 0 radical (unpaired) electrons. The molecule has 1 aromatic carbocycles. The fourth-order valence-electron chi connectivity index (χ4n) is 3.27. The van der Waals surface area contributed by atoms with E-state index in [0.29, 0.717) is 12.1 Å². The summed E-state index contributed by atoms with van der Waals surface area (Å²) in [6.07, 6.45) is -0.271. The standard InChI is InChI=1S/C15H15N3O3/c1-8-4-9-5-10(2-3-12(9)16-8)18-14(20)13-6-11(19)7-17(13)15(18)21/h2-5,11,13,16,19H,6-7H2,1H3/t11-,13+/m1/s1. The van der Waals surface area contributed by atoms with Crippen molar-refractivity contribution in [3.8, 4) is 0 Å². The molecular weight excluding hydrogens is 270 g/mol. The van der Waals surface area contributed by atoms with Gasteiger partial charge in [0.05, 0.1) is 11.8 Å². The normalized spacial score (nSPS) is 25.2. The van der Waals surface area contributed by atoms with E-state index in [1.807, 2.05) is 25.1 Å². The number of benzene rings is 1. The van der Waals surface area contributed by atoms with Gasteiger partial charge in [0, 0.05) is 29.6 Å². The van der Waals surface area contributed by atoms with Crippen molar-refractivity contribution in [2.24, 2.45) is 0 Å². The molecule has 108 valence electrons. The van der Waals surface area contributed by atoms with Crippen LogP contribution in [0, 0.1) is 6.92 Å². The zero-order chi connectivity index (χ0) is 14.7. The van der Waals surface area contributed by atoms with Gasteiger partial charge in [0.1, 0.15) is 6.04 Å². The second-order valence-electron chi connectivity index (χ2n) is 5.74. The van der Waals surface area contributed by atoms with Crippen molar-refractivity contribution in [2.45, 2.75) is 25.5 Å². The number of aromatic nitrogens is 1. The van der Waals surface area contributed by atoms with E-state index in [9.17, 15) is 14.7 Å². The Balaban J connectivity index is 1.75. The average molecular weight is 285 g/mol. The highest BCUT2D eigenvalue weighted by molar-refractivity contribution is 6.22. The van der Waals surface area contributed by atoms with Gasteiger partial charge in [-0.1, -0.05) is 0 Å². The van der Waals surface area contributed by atoms with Crippen molar-refractivity contribution in [1.82, 2.24) is 9.88 Å². The predicted octanol–water partition coefficient (Wildman–Crippen LogP) is 1.38. The third kappa shape index (κ3) is 1.69. The lowest BCUT2D eigenvalue weighted by atomic mass is 10.1. The molecule has 3 amide bonds. The van der Waals surface area contributed by atoms with Crippen LogP contribution in [-0.4, -0.2) is 45.6 Å². The minimum Gasteiger partial charge on any atom is -0.391 e. The molecule has 3 heterocycles. The number of aliphatic hydroxyl groups excluding tert-OH is 1. The number of aromatic amines is 1. The molecule has 4 rings (SSSR count). The Morgan fingerprint density at radius 2 is 2.10 bits per heavy atom. The molecule has 2 saturated heterocycles. The highest BCUT2D eigenvalue weighted by Gasteiger charge is 2.50. The van der Waals surface area contributed by atoms with Crippen molar-refractivity contribution in [3.63, 3.8) is 0 Å². The first-order chi connectivity index (χ1) is 10.0. The molecule has 21 heavy (non-hydrogen) atoms. The maximum atomic E-state index is 12.4. The summed E-state index contributed by atoms with van der Waals surface area (Å²) in [6, 6.07) is 6.61. The predicted molar refractivity (Wildman–Crippen MR) is 77.0 cm³/mol. The number of hydrogen-bond donors (Lipinski definition) is 2. The third-order valence-electron chi connectivity index (χ3n) is 4.22. The Bertz CT molecular complexity index is 743. The van der Waals surface area contributed by atoms with Crippen molar-refractivity contribution in [2.75, 3.05) is 11.4 Å². The van der Waals surface area contributed by atoms with Crippen LogP contribution in [-0.2, 0) is 4.79 Å². The molecule has 2 aliphatic rings. The van der Waals surface area contributed by atoms with Crippen LogP contribution in [0.3, 0.4) is 0 Å². The second kappa shape index (κ2) is 4.08. The van der Waals surface area contributed by atoms with Gasteiger partial charge in [-0.2, -0.15) is 0 Å². The summed E-state index contributed by atoms with van der Waals surface area (Å²) < 4.78 is 0. The van der Waals surface area contributed by atoms with Gasteiger partial charge in [-0.15, -0.1) is 0 Å². The molecule has 0 aliphatic carbocycles. The van der Waals surface area contributed by atoms with Gasteiger partial charge < -0.3 is 15.0 Å². The summed E-state index contributed by atoms with van der Waals surface area (Å²) in [5.74, 6) is -0.247. The first kappa shape index (κ1) is 12.4. The quantitative estimate of drug-likeness (QED) is 0.777. The van der Waals surface area contributed by atoms with Crippen LogP contribution < -0.4 is 4.90 Å². The number of rotatable bonds is 1. The summed E-state index contributed by atoms with van der Waals surface area (Å²) in [6.45, 7) is 2.20. The second-order valence-corrected chi connectivity index (χ2v) is 5.74. The summed E-state index contributed by atoms with van der Waals surface area (Å²) in [4.78, 5) is 30.7. The number of nitrogens with one attached hydrogen (secondary N) is 1. The number of aryl methyl sites for hydroxylation is 1. The minimum atomic E-state index is -0.597. The van der Waals surface area contributed by atoms with E-state index in [2.05, 4.69) is 4.98 Å². The molecular formula is C15H15N3O3. The summed E-state index contributed by atoms with van der Waals surface area (Å²) >= 11 is 0. The van der Waals surface area contributed by atoms with Crippen LogP contribution in [0.2, 0.25) is 0 Å². The number of anilines is 1. The fourth-order valence-corrected chi connectivity index (χ4v) is 3.27. The van der Waals surface area contributed by atoms with Gasteiger partial charge in [0.25, 0.3) is 5.91 Å². The number of fused-ring (bicyclic) bond motifs is 2. The van der Waals surface area contributed by atoms with E-state index in [4.69, 9.17) is 0 Å². The van der Waals surface area contributed by atoms with E-state index in [-0.39, 0.29) is 18.5 Å². The number of nitrogens with zero attached hydrogens (tertiary/aromatic N) is 2. The van der Waals surface area contributed by atoms with E-state index in [0.717, 1.165) is 16.6 Å². The van der Waals surface area contributed by atoms with Crippen molar-refractivity contribution in [1.29, 1.82) is 0 Å². The highest BCUT2D eigenvalue weighted by Crippen LogP contribution is 2.32. The number of aliphatic hydroxyl groups is 1. The van der Waals surface area contributed by atoms with Crippen molar-refractivity contribution < 1.29 is 14.7 Å². The number of urea groups is 1. The van der Waals surface area contributed by atoms with Gasteiger partial charge in [0.2, 0.25) is 0 Å². The van der Waals surface area contributed by atoms with Gasteiger partial charge in [-0.05, 0) is 31.2 Å². The summed E-state index contributed by atoms with van der Waals surface area (Å²) in [5.41, 5.74) is 2.59. The average Bonchev–Trinajstić information content (AvgIpc) is 3.05.